The fourth-order valence-corrected chi connectivity index (χ4v) is 4.80. The normalized spacial score (nSPS) is 19.3. The highest BCUT2D eigenvalue weighted by Crippen LogP contribution is 2.47. The quantitative estimate of drug-likeness (QED) is 0.517. The van der Waals surface area contributed by atoms with Crippen molar-refractivity contribution in [3.63, 3.8) is 0 Å². The number of methoxy groups -OCH3 is 2. The number of carbonyl (C=O) groups excluding carboxylic acids is 3. The zero-order valence-corrected chi connectivity index (χ0v) is 23.0. The number of ether oxygens (including phenoxy) is 4. The number of likely N-dealkylation sites (tertiary alicyclic amines) is 1. The van der Waals surface area contributed by atoms with E-state index < -0.39 is 35.7 Å². The number of aromatic nitrogens is 1. The van der Waals surface area contributed by atoms with Crippen LogP contribution in [0.1, 0.15) is 64.1 Å². The van der Waals surface area contributed by atoms with Gasteiger partial charge in [-0.05, 0) is 58.2 Å². The molecule has 1 aliphatic heterocycles. The molecule has 2 aromatic rings. The van der Waals surface area contributed by atoms with Crippen LogP contribution in [0.5, 0.6) is 11.5 Å². The smallest absolute Gasteiger partial charge is 0.408 e. The molecule has 1 saturated heterocycles. The third kappa shape index (κ3) is 6.11. The summed E-state index contributed by atoms with van der Waals surface area (Å²) < 4.78 is 22.2. The van der Waals surface area contributed by atoms with Crippen LogP contribution in [0.15, 0.2) is 18.2 Å². The average molecular weight is 528 g/mol. The Labute approximate surface area is 223 Å². The van der Waals surface area contributed by atoms with Crippen LogP contribution < -0.4 is 14.8 Å². The number of aryl methyl sites for hydroxylation is 1. The predicted molar refractivity (Wildman–Crippen MR) is 140 cm³/mol. The Hall–Kier alpha value is -3.56. The largest absolute Gasteiger partial charge is 0.497 e. The lowest BCUT2D eigenvalue weighted by molar-refractivity contribution is -0.150. The molecule has 1 aliphatic carbocycles. The number of rotatable bonds is 8. The monoisotopic (exact) mass is 527 g/mol. The highest BCUT2D eigenvalue weighted by atomic mass is 16.6. The number of benzene rings is 1. The van der Waals surface area contributed by atoms with E-state index in [-0.39, 0.29) is 19.5 Å². The maximum Gasteiger partial charge on any atom is 0.408 e. The number of hydrogen-bond acceptors (Lipinski definition) is 8. The van der Waals surface area contributed by atoms with Crippen LogP contribution in [0.4, 0.5) is 4.79 Å². The SMILES string of the molecule is CCc1c(OC2CC(C(=O)OC)N(C(=O)CNC(=O)OC(C)(C)C)C2)c(C2CC2)nc2ccc(OC)cc12. The van der Waals surface area contributed by atoms with E-state index in [2.05, 4.69) is 12.2 Å². The van der Waals surface area contributed by atoms with Gasteiger partial charge in [-0.15, -0.1) is 0 Å². The summed E-state index contributed by atoms with van der Waals surface area (Å²) in [5, 5.41) is 3.43. The van der Waals surface area contributed by atoms with Crippen molar-refractivity contribution >= 4 is 28.9 Å². The van der Waals surface area contributed by atoms with Crippen LogP contribution in [-0.2, 0) is 25.5 Å². The zero-order valence-electron chi connectivity index (χ0n) is 23.0. The molecule has 2 unspecified atom stereocenters. The summed E-state index contributed by atoms with van der Waals surface area (Å²) in [6.45, 7) is 7.16. The van der Waals surface area contributed by atoms with Crippen LogP contribution >= 0.6 is 0 Å². The van der Waals surface area contributed by atoms with E-state index in [0.29, 0.717) is 5.92 Å². The van der Waals surface area contributed by atoms with Gasteiger partial charge in [0, 0.05) is 23.3 Å². The molecule has 0 bridgehead atoms. The Kier molecular flexibility index (Phi) is 7.99. The van der Waals surface area contributed by atoms with Crippen LogP contribution in [0.3, 0.4) is 0 Å². The summed E-state index contributed by atoms with van der Waals surface area (Å²) in [5.74, 6) is 0.846. The number of alkyl carbamates (subject to hydrolysis) is 1. The van der Waals surface area contributed by atoms with Gasteiger partial charge in [0.2, 0.25) is 5.91 Å². The van der Waals surface area contributed by atoms with Gasteiger partial charge in [-0.25, -0.2) is 14.6 Å². The molecule has 1 aromatic carbocycles. The van der Waals surface area contributed by atoms with Gasteiger partial charge in [-0.3, -0.25) is 4.79 Å². The van der Waals surface area contributed by atoms with E-state index in [0.717, 1.165) is 52.9 Å². The lowest BCUT2D eigenvalue weighted by Gasteiger charge is -2.24. The summed E-state index contributed by atoms with van der Waals surface area (Å²) in [6.07, 6.45) is 1.93. The Morgan fingerprint density at radius 1 is 1.16 bits per heavy atom. The molecule has 1 saturated carbocycles. The molecular weight excluding hydrogens is 490 g/mol. The predicted octanol–water partition coefficient (Wildman–Crippen LogP) is 3.73. The zero-order chi connectivity index (χ0) is 27.6. The van der Waals surface area contributed by atoms with Gasteiger partial charge < -0.3 is 29.2 Å². The first-order valence-electron chi connectivity index (χ1n) is 13.1. The molecule has 2 atom stereocenters. The Morgan fingerprint density at radius 3 is 2.50 bits per heavy atom. The van der Waals surface area contributed by atoms with Crippen molar-refractivity contribution < 1.29 is 33.3 Å². The second kappa shape index (κ2) is 11.0. The van der Waals surface area contributed by atoms with E-state index in [1.807, 2.05) is 18.2 Å². The van der Waals surface area contributed by atoms with E-state index in [4.69, 9.17) is 23.9 Å². The molecule has 2 heterocycles. The molecule has 10 heteroatoms. The second-order valence-electron chi connectivity index (χ2n) is 10.7. The molecule has 206 valence electrons. The maximum absolute atomic E-state index is 13.1. The topological polar surface area (TPSA) is 116 Å². The lowest BCUT2D eigenvalue weighted by atomic mass is 10.0. The molecule has 0 spiro atoms. The van der Waals surface area contributed by atoms with Crippen molar-refractivity contribution in [1.29, 1.82) is 0 Å². The average Bonchev–Trinajstić information content (AvgIpc) is 3.64. The van der Waals surface area contributed by atoms with Crippen molar-refractivity contribution in [1.82, 2.24) is 15.2 Å². The molecule has 1 aromatic heterocycles. The van der Waals surface area contributed by atoms with Gasteiger partial charge in [0.1, 0.15) is 35.8 Å². The van der Waals surface area contributed by atoms with Crippen LogP contribution in [0, 0.1) is 0 Å². The Morgan fingerprint density at radius 2 is 1.89 bits per heavy atom. The van der Waals surface area contributed by atoms with Gasteiger partial charge in [-0.2, -0.15) is 0 Å². The third-order valence-electron chi connectivity index (χ3n) is 6.72. The van der Waals surface area contributed by atoms with E-state index in [1.54, 1.807) is 27.9 Å². The number of pyridine rings is 1. The number of amides is 2. The molecule has 2 fully saturated rings. The van der Waals surface area contributed by atoms with Gasteiger partial charge in [0.05, 0.1) is 32.0 Å². The Balaban J connectivity index is 1.58. The van der Waals surface area contributed by atoms with Gasteiger partial charge in [0.15, 0.2) is 0 Å². The minimum atomic E-state index is -0.819. The highest BCUT2D eigenvalue weighted by molar-refractivity contribution is 5.88. The van der Waals surface area contributed by atoms with Crippen molar-refractivity contribution in [2.75, 3.05) is 27.3 Å². The maximum atomic E-state index is 13.1. The van der Waals surface area contributed by atoms with Crippen molar-refractivity contribution in [3.05, 3.63) is 29.5 Å². The molecule has 38 heavy (non-hydrogen) atoms. The summed E-state index contributed by atoms with van der Waals surface area (Å²) in [6, 6.07) is 5.01. The number of nitrogens with one attached hydrogen (secondary N) is 1. The first kappa shape index (κ1) is 27.5. The van der Waals surface area contributed by atoms with Gasteiger partial charge >= 0.3 is 12.1 Å². The van der Waals surface area contributed by atoms with Gasteiger partial charge in [0.25, 0.3) is 0 Å². The highest BCUT2D eigenvalue weighted by Gasteiger charge is 2.42. The number of carbonyl (C=O) groups is 3. The summed E-state index contributed by atoms with van der Waals surface area (Å²) >= 11 is 0. The van der Waals surface area contributed by atoms with E-state index >= 15 is 0 Å². The minimum absolute atomic E-state index is 0.179. The Bertz CT molecular complexity index is 1220. The van der Waals surface area contributed by atoms with Crippen molar-refractivity contribution in [3.8, 4) is 11.5 Å². The molecular formula is C28H37N3O7. The van der Waals surface area contributed by atoms with Crippen molar-refractivity contribution in [2.24, 2.45) is 0 Å². The van der Waals surface area contributed by atoms with E-state index in [1.165, 1.54) is 12.0 Å². The first-order valence-corrected chi connectivity index (χ1v) is 13.1. The third-order valence-corrected chi connectivity index (χ3v) is 6.72. The van der Waals surface area contributed by atoms with E-state index in [9.17, 15) is 14.4 Å². The second-order valence-corrected chi connectivity index (χ2v) is 10.7. The van der Waals surface area contributed by atoms with Crippen molar-refractivity contribution in [2.45, 2.75) is 77.0 Å². The molecule has 2 aliphatic rings. The molecule has 2 amide bonds. The number of fused-ring (bicyclic) bond motifs is 1. The molecule has 10 nitrogen and oxygen atoms in total. The lowest BCUT2D eigenvalue weighted by Crippen LogP contribution is -2.46. The van der Waals surface area contributed by atoms with Crippen LogP contribution in [0.25, 0.3) is 10.9 Å². The number of esters is 1. The van der Waals surface area contributed by atoms with Crippen LogP contribution in [-0.4, -0.2) is 72.9 Å². The summed E-state index contributed by atoms with van der Waals surface area (Å²) in [4.78, 5) is 44.1. The van der Waals surface area contributed by atoms with Crippen LogP contribution in [0.2, 0.25) is 0 Å². The summed E-state index contributed by atoms with van der Waals surface area (Å²) in [5.41, 5.74) is 2.15. The molecule has 1 N–H and O–H groups in total. The standard InChI is InChI=1S/C28H37N3O7/c1-7-19-20-12-17(35-5)10-11-21(20)30-24(16-8-9-16)25(19)37-18-13-22(26(33)36-6)31(15-18)23(32)14-29-27(34)38-28(2,3)4/h10-12,16,18,22H,7-9,13-15H2,1-6H3,(H,29,34). The minimum Gasteiger partial charge on any atom is -0.497 e. The fourth-order valence-electron chi connectivity index (χ4n) is 4.80. The molecule has 0 radical (unpaired) electrons. The molecule has 4 rings (SSSR count). The van der Waals surface area contributed by atoms with Gasteiger partial charge in [-0.1, -0.05) is 6.92 Å². The first-order chi connectivity index (χ1) is 18.0. The summed E-state index contributed by atoms with van der Waals surface area (Å²) in [7, 11) is 2.92. The fraction of sp³-hybridized carbons (Fsp3) is 0.571. The number of hydrogen-bond donors (Lipinski definition) is 1. The number of nitrogens with zero attached hydrogens (tertiary/aromatic N) is 2.